The van der Waals surface area contributed by atoms with E-state index in [9.17, 15) is 33.9 Å². The maximum atomic E-state index is 15.1. The molecule has 0 radical (unpaired) electrons. The van der Waals surface area contributed by atoms with Gasteiger partial charge in [0.25, 0.3) is 0 Å². The van der Waals surface area contributed by atoms with E-state index in [0.717, 1.165) is 0 Å². The van der Waals surface area contributed by atoms with E-state index in [1.165, 1.54) is 32.0 Å². The quantitative estimate of drug-likeness (QED) is 0.111. The van der Waals surface area contributed by atoms with Crippen molar-refractivity contribution in [3.8, 4) is 0 Å². The maximum absolute atomic E-state index is 15.1. The van der Waals surface area contributed by atoms with Crippen molar-refractivity contribution in [3.05, 3.63) is 35.6 Å². The van der Waals surface area contributed by atoms with Crippen LogP contribution >= 0.6 is 0 Å². The van der Waals surface area contributed by atoms with Crippen molar-refractivity contribution in [3.63, 3.8) is 0 Å². The van der Waals surface area contributed by atoms with E-state index in [2.05, 4.69) is 21.3 Å². The first-order valence-electron chi connectivity index (χ1n) is 19.3. The summed E-state index contributed by atoms with van der Waals surface area (Å²) in [6.07, 6.45) is -2.99. The standard InChI is InChI=1S/C41H68FN5O11/c1-23(56-38(6,7)8)30(43)33(50)47-41(15,21-25-18-16-17-19-26(25)42)36(54)46-31(24(2)57-39(9,10)11)34(51)45-28(22-55-37(3,4)5)32(49)44-27(35(52)53)20-29(48)58-40(12,13)14/h16-19,23-24,27-28,30-31H,20-22,43H2,1-15H3,(H,44,49)(H,45,51)(H,46,54)(H,47,50)(H,52,53)/t23-,24-,27+,28+,30+,31+,41+/m1/s1. The third-order valence-electron chi connectivity index (χ3n) is 8.05. The Kier molecular flexibility index (Phi) is 18.5. The number of benzene rings is 1. The van der Waals surface area contributed by atoms with Gasteiger partial charge in [-0.1, -0.05) is 18.2 Å². The van der Waals surface area contributed by atoms with Crippen molar-refractivity contribution in [2.24, 2.45) is 5.73 Å². The Labute approximate surface area is 342 Å². The molecule has 4 amide bonds. The summed E-state index contributed by atoms with van der Waals surface area (Å²) in [4.78, 5) is 80.7. The molecule has 0 aliphatic heterocycles. The van der Waals surface area contributed by atoms with Gasteiger partial charge in [-0.25, -0.2) is 9.18 Å². The predicted molar refractivity (Wildman–Crippen MR) is 215 cm³/mol. The summed E-state index contributed by atoms with van der Waals surface area (Å²) < 4.78 is 38.1. The SMILES string of the molecule is C[C@@H](OC(C)(C)C)[C@H](N)C(=O)N[C@@](C)(Cc1ccccc1F)C(=O)N[C@H](C(=O)N[C@@H](COC(C)(C)C)C(=O)N[C@@H](CC(=O)OC(C)(C)C)C(=O)O)[C@@H](C)OC(C)(C)C. The largest absolute Gasteiger partial charge is 0.480 e. The number of halogens is 1. The van der Waals surface area contributed by atoms with Crippen LogP contribution < -0.4 is 27.0 Å². The fourth-order valence-corrected chi connectivity index (χ4v) is 5.53. The van der Waals surface area contributed by atoms with Crippen LogP contribution in [0, 0.1) is 5.82 Å². The van der Waals surface area contributed by atoms with E-state index < -0.39 is 119 Å². The molecule has 0 saturated carbocycles. The van der Waals surface area contributed by atoms with Gasteiger partial charge in [0.05, 0.1) is 42.0 Å². The zero-order chi connectivity index (χ0) is 45.2. The van der Waals surface area contributed by atoms with E-state index >= 15 is 4.39 Å². The summed E-state index contributed by atoms with van der Waals surface area (Å²) >= 11 is 0. The molecule has 17 heteroatoms. The topological polar surface area (TPSA) is 234 Å². The van der Waals surface area contributed by atoms with Gasteiger partial charge in [0.15, 0.2) is 0 Å². The number of esters is 1. The molecule has 1 rings (SSSR count). The molecule has 7 N–H and O–H groups in total. The summed E-state index contributed by atoms with van der Waals surface area (Å²) in [6.45, 7) is 24.4. The number of hydrogen-bond donors (Lipinski definition) is 6. The van der Waals surface area contributed by atoms with Crippen LogP contribution in [0.15, 0.2) is 24.3 Å². The van der Waals surface area contributed by atoms with Crippen molar-refractivity contribution >= 4 is 35.6 Å². The van der Waals surface area contributed by atoms with Gasteiger partial charge < -0.3 is 51.1 Å². The summed E-state index contributed by atoms with van der Waals surface area (Å²) in [5.41, 5.74) is 1.15. The lowest BCUT2D eigenvalue weighted by Gasteiger charge is -2.36. The molecule has 0 bridgehead atoms. The number of ether oxygens (including phenoxy) is 4. The number of rotatable bonds is 19. The average Bonchev–Trinajstić information content (AvgIpc) is 3.02. The molecule has 7 atom stereocenters. The Hall–Kier alpha value is -4.19. The highest BCUT2D eigenvalue weighted by Crippen LogP contribution is 2.21. The van der Waals surface area contributed by atoms with Crippen LogP contribution in [-0.2, 0) is 54.1 Å². The molecule has 1 aromatic rings. The molecule has 0 saturated heterocycles. The minimum atomic E-state index is -1.93. The second-order valence-corrected chi connectivity index (χ2v) is 18.6. The van der Waals surface area contributed by atoms with Crippen LogP contribution in [0.25, 0.3) is 0 Å². The van der Waals surface area contributed by atoms with E-state index in [1.807, 2.05) is 0 Å². The molecule has 1 aromatic carbocycles. The molecular formula is C41H68FN5O11. The number of nitrogens with one attached hydrogen (secondary N) is 4. The summed E-state index contributed by atoms with van der Waals surface area (Å²) in [5.74, 6) is -6.76. The van der Waals surface area contributed by atoms with Gasteiger partial charge in [0, 0.05) is 6.42 Å². The molecular weight excluding hydrogens is 757 g/mol. The highest BCUT2D eigenvalue weighted by molar-refractivity contribution is 5.98. The second kappa shape index (κ2) is 20.7. The van der Waals surface area contributed by atoms with E-state index in [1.54, 1.807) is 96.1 Å². The van der Waals surface area contributed by atoms with Crippen molar-refractivity contribution in [1.82, 2.24) is 21.3 Å². The van der Waals surface area contributed by atoms with Crippen molar-refractivity contribution in [1.29, 1.82) is 0 Å². The second-order valence-electron chi connectivity index (χ2n) is 18.6. The van der Waals surface area contributed by atoms with Crippen LogP contribution in [0.5, 0.6) is 0 Å². The van der Waals surface area contributed by atoms with Crippen LogP contribution in [0.1, 0.15) is 116 Å². The van der Waals surface area contributed by atoms with Crippen molar-refractivity contribution < 1.29 is 57.2 Å². The number of carbonyl (C=O) groups is 6. The van der Waals surface area contributed by atoms with Gasteiger partial charge in [-0.05, 0) is 115 Å². The third kappa shape index (κ3) is 19.0. The first-order chi connectivity index (χ1) is 26.1. The number of carbonyl (C=O) groups excluding carboxylic acids is 5. The monoisotopic (exact) mass is 825 g/mol. The lowest BCUT2D eigenvalue weighted by atomic mass is 9.90. The highest BCUT2D eigenvalue weighted by atomic mass is 19.1. The number of hydrogen-bond acceptors (Lipinski definition) is 11. The van der Waals surface area contributed by atoms with Gasteiger partial charge in [-0.2, -0.15) is 0 Å². The smallest absolute Gasteiger partial charge is 0.326 e. The maximum Gasteiger partial charge on any atom is 0.326 e. The molecule has 0 aliphatic rings. The Bertz CT molecular complexity index is 1600. The number of carboxylic acids is 1. The van der Waals surface area contributed by atoms with Crippen LogP contribution in [0.4, 0.5) is 4.39 Å². The Morgan fingerprint density at radius 1 is 0.707 bits per heavy atom. The highest BCUT2D eigenvalue weighted by Gasteiger charge is 2.43. The minimum absolute atomic E-state index is 0.0726. The third-order valence-corrected chi connectivity index (χ3v) is 8.05. The van der Waals surface area contributed by atoms with Crippen LogP contribution in [0.2, 0.25) is 0 Å². The molecule has 0 unspecified atom stereocenters. The zero-order valence-electron chi connectivity index (χ0n) is 36.9. The molecule has 0 spiro atoms. The Balaban J connectivity index is 3.66. The van der Waals surface area contributed by atoms with Crippen molar-refractivity contribution in [2.45, 2.75) is 181 Å². The number of aliphatic carboxylic acids is 1. The Morgan fingerprint density at radius 2 is 1.22 bits per heavy atom. The van der Waals surface area contributed by atoms with E-state index in [-0.39, 0.29) is 12.0 Å². The van der Waals surface area contributed by atoms with Gasteiger partial charge in [-0.15, -0.1) is 0 Å². The number of nitrogens with two attached hydrogens (primary N) is 1. The van der Waals surface area contributed by atoms with Gasteiger partial charge in [0.2, 0.25) is 23.6 Å². The lowest BCUT2D eigenvalue weighted by Crippen LogP contribution is -2.67. The first-order valence-corrected chi connectivity index (χ1v) is 19.3. The molecule has 16 nitrogen and oxygen atoms in total. The lowest BCUT2D eigenvalue weighted by molar-refractivity contribution is -0.158. The molecule has 330 valence electrons. The fraction of sp³-hybridized carbons (Fsp3) is 0.707. The summed E-state index contributed by atoms with van der Waals surface area (Å²) in [6, 6.07) is -0.451. The molecule has 0 heterocycles. The first kappa shape index (κ1) is 51.8. The van der Waals surface area contributed by atoms with Gasteiger partial charge in [0.1, 0.15) is 41.1 Å². The van der Waals surface area contributed by atoms with Gasteiger partial charge in [-0.3, -0.25) is 24.0 Å². The molecule has 0 fully saturated rings. The average molecular weight is 826 g/mol. The summed E-state index contributed by atoms with van der Waals surface area (Å²) in [5, 5.41) is 20.0. The zero-order valence-corrected chi connectivity index (χ0v) is 36.9. The number of amides is 4. The van der Waals surface area contributed by atoms with Crippen LogP contribution in [-0.4, -0.2) is 112 Å². The molecule has 0 aliphatic carbocycles. The minimum Gasteiger partial charge on any atom is -0.480 e. The predicted octanol–water partition coefficient (Wildman–Crippen LogP) is 3.06. The summed E-state index contributed by atoms with van der Waals surface area (Å²) in [7, 11) is 0. The molecule has 0 aromatic heterocycles. The Morgan fingerprint density at radius 3 is 1.71 bits per heavy atom. The van der Waals surface area contributed by atoms with Crippen LogP contribution in [0.3, 0.4) is 0 Å². The normalized spacial score (nSPS) is 16.6. The molecule has 58 heavy (non-hydrogen) atoms. The number of carboxylic acid groups (broad SMARTS) is 1. The van der Waals surface area contributed by atoms with Gasteiger partial charge >= 0.3 is 11.9 Å². The van der Waals surface area contributed by atoms with E-state index in [4.69, 9.17) is 24.7 Å². The van der Waals surface area contributed by atoms with Crippen molar-refractivity contribution in [2.75, 3.05) is 6.61 Å². The van der Waals surface area contributed by atoms with E-state index in [0.29, 0.717) is 0 Å². The fourth-order valence-electron chi connectivity index (χ4n) is 5.53.